The Morgan fingerprint density at radius 3 is 2.72 bits per heavy atom. The number of benzene rings is 1. The Bertz CT molecular complexity index is 923. The summed E-state index contributed by atoms with van der Waals surface area (Å²) < 4.78 is 1.80. The number of aromatic carboxylic acids is 1. The van der Waals surface area contributed by atoms with Gasteiger partial charge >= 0.3 is 5.97 Å². The Morgan fingerprint density at radius 2 is 2.04 bits per heavy atom. The van der Waals surface area contributed by atoms with Crippen molar-refractivity contribution in [2.75, 3.05) is 5.32 Å². The van der Waals surface area contributed by atoms with Gasteiger partial charge in [0.2, 0.25) is 5.95 Å². The number of rotatable bonds is 5. The van der Waals surface area contributed by atoms with E-state index in [0.717, 1.165) is 5.69 Å². The number of carboxylic acid groups (broad SMARTS) is 1. The molecule has 2 heterocycles. The van der Waals surface area contributed by atoms with Crippen LogP contribution in [0.4, 0.5) is 11.6 Å². The van der Waals surface area contributed by atoms with Crippen LogP contribution in [0.2, 0.25) is 5.02 Å². The number of hydrogen-bond acceptors (Lipinski definition) is 5. The zero-order valence-electron chi connectivity index (χ0n) is 13.6. The lowest BCUT2D eigenvalue weighted by molar-refractivity contribution is 0.0697. The summed E-state index contributed by atoms with van der Waals surface area (Å²) in [4.78, 5) is 20.0. The number of halogens is 1. The number of nitrogens with zero attached hydrogens (tertiary/aromatic N) is 4. The number of carboxylic acids is 1. The Kier molecular flexibility index (Phi) is 4.67. The fourth-order valence-electron chi connectivity index (χ4n) is 2.31. The van der Waals surface area contributed by atoms with Crippen LogP contribution in [-0.4, -0.2) is 30.8 Å². The summed E-state index contributed by atoms with van der Waals surface area (Å²) >= 11 is 6.19. The molecule has 3 rings (SSSR count). The van der Waals surface area contributed by atoms with E-state index < -0.39 is 5.97 Å². The normalized spacial score (nSPS) is 10.9. The van der Waals surface area contributed by atoms with Gasteiger partial charge in [0.25, 0.3) is 0 Å². The number of carbonyl (C=O) groups is 1. The lowest BCUT2D eigenvalue weighted by Crippen LogP contribution is -2.03. The van der Waals surface area contributed by atoms with Crippen LogP contribution in [-0.2, 0) is 0 Å². The van der Waals surface area contributed by atoms with E-state index in [1.807, 2.05) is 20.0 Å². The van der Waals surface area contributed by atoms with E-state index in [9.17, 15) is 9.90 Å². The van der Waals surface area contributed by atoms with Crippen LogP contribution in [0.3, 0.4) is 0 Å². The monoisotopic (exact) mass is 357 g/mol. The molecule has 25 heavy (non-hydrogen) atoms. The highest BCUT2D eigenvalue weighted by Gasteiger charge is 2.16. The van der Waals surface area contributed by atoms with Crippen molar-refractivity contribution in [3.63, 3.8) is 0 Å². The minimum atomic E-state index is -1.04. The minimum Gasteiger partial charge on any atom is -0.478 e. The fourth-order valence-corrected chi connectivity index (χ4v) is 2.50. The molecule has 128 valence electrons. The summed E-state index contributed by atoms with van der Waals surface area (Å²) in [5.74, 6) is -0.735. The third-order valence-corrected chi connectivity index (χ3v) is 3.82. The molecule has 1 aromatic carbocycles. The molecule has 0 saturated carbocycles. The van der Waals surface area contributed by atoms with Gasteiger partial charge in [-0.25, -0.2) is 14.8 Å². The third kappa shape index (κ3) is 3.61. The molecule has 0 radical (unpaired) electrons. The van der Waals surface area contributed by atoms with Crippen molar-refractivity contribution >= 4 is 29.2 Å². The van der Waals surface area contributed by atoms with E-state index in [0.29, 0.717) is 17.2 Å². The van der Waals surface area contributed by atoms with Gasteiger partial charge in [0.05, 0.1) is 34.4 Å². The summed E-state index contributed by atoms with van der Waals surface area (Å²) in [6, 6.07) is 6.80. The predicted octanol–water partition coefficient (Wildman–Crippen LogP) is 4.02. The molecule has 0 aliphatic carbocycles. The van der Waals surface area contributed by atoms with Crippen molar-refractivity contribution in [1.29, 1.82) is 0 Å². The molecular formula is C17H16ClN5O2. The second kappa shape index (κ2) is 6.90. The maximum atomic E-state index is 11.4. The van der Waals surface area contributed by atoms with Crippen LogP contribution in [0.25, 0.3) is 11.3 Å². The highest BCUT2D eigenvalue weighted by atomic mass is 35.5. The van der Waals surface area contributed by atoms with Crippen LogP contribution < -0.4 is 5.32 Å². The topological polar surface area (TPSA) is 92.9 Å². The standard InChI is InChI=1S/C17H16ClN5O2/c1-10(2)23-9-11(7-20-23)21-17-19-8-14(18)15(22-17)12-5-3-4-6-13(12)16(24)25/h3-10H,1-2H3,(H,24,25)(H,19,21,22). The van der Waals surface area contributed by atoms with Crippen molar-refractivity contribution in [3.8, 4) is 11.3 Å². The summed E-state index contributed by atoms with van der Waals surface area (Å²) in [5, 5.41) is 16.9. The maximum Gasteiger partial charge on any atom is 0.336 e. The molecule has 0 spiro atoms. The molecule has 2 N–H and O–H groups in total. The van der Waals surface area contributed by atoms with Gasteiger partial charge in [-0.1, -0.05) is 29.8 Å². The molecule has 0 atom stereocenters. The van der Waals surface area contributed by atoms with Gasteiger partial charge in [0.1, 0.15) is 0 Å². The largest absolute Gasteiger partial charge is 0.478 e. The predicted molar refractivity (Wildman–Crippen MR) is 95.3 cm³/mol. The first-order valence-corrected chi connectivity index (χ1v) is 8.00. The smallest absolute Gasteiger partial charge is 0.336 e. The van der Waals surface area contributed by atoms with E-state index in [-0.39, 0.29) is 16.6 Å². The zero-order valence-corrected chi connectivity index (χ0v) is 14.4. The number of hydrogen-bond donors (Lipinski definition) is 2. The number of anilines is 2. The summed E-state index contributed by atoms with van der Waals surface area (Å²) in [6.45, 7) is 4.05. The van der Waals surface area contributed by atoms with E-state index in [4.69, 9.17) is 11.6 Å². The molecule has 2 aromatic heterocycles. The molecule has 0 unspecified atom stereocenters. The Morgan fingerprint density at radius 1 is 1.28 bits per heavy atom. The van der Waals surface area contributed by atoms with Gasteiger partial charge in [-0.15, -0.1) is 0 Å². The maximum absolute atomic E-state index is 11.4. The van der Waals surface area contributed by atoms with Crippen LogP contribution in [0, 0.1) is 0 Å². The van der Waals surface area contributed by atoms with E-state index in [1.54, 1.807) is 29.1 Å². The molecule has 8 heteroatoms. The lowest BCUT2D eigenvalue weighted by atomic mass is 10.0. The Balaban J connectivity index is 1.97. The van der Waals surface area contributed by atoms with Crippen molar-refractivity contribution in [3.05, 3.63) is 53.4 Å². The molecule has 7 nitrogen and oxygen atoms in total. The number of aromatic nitrogens is 4. The Hall–Kier alpha value is -2.93. The van der Waals surface area contributed by atoms with Gasteiger partial charge in [-0.2, -0.15) is 5.10 Å². The highest BCUT2D eigenvalue weighted by Crippen LogP contribution is 2.29. The van der Waals surface area contributed by atoms with E-state index >= 15 is 0 Å². The molecule has 0 amide bonds. The third-order valence-electron chi connectivity index (χ3n) is 3.54. The van der Waals surface area contributed by atoms with Gasteiger partial charge in [0, 0.05) is 17.8 Å². The summed E-state index contributed by atoms with van der Waals surface area (Å²) in [5.41, 5.74) is 1.65. The minimum absolute atomic E-state index is 0.127. The van der Waals surface area contributed by atoms with Gasteiger partial charge in [-0.3, -0.25) is 4.68 Å². The van der Waals surface area contributed by atoms with Crippen LogP contribution >= 0.6 is 11.6 Å². The summed E-state index contributed by atoms with van der Waals surface area (Å²) in [6.07, 6.45) is 4.95. The molecule has 0 aliphatic heterocycles. The van der Waals surface area contributed by atoms with Crippen LogP contribution in [0.1, 0.15) is 30.2 Å². The molecular weight excluding hydrogens is 342 g/mol. The second-order valence-corrected chi connectivity index (χ2v) is 6.08. The SMILES string of the molecule is CC(C)n1cc(Nc2ncc(Cl)c(-c3ccccc3C(=O)O)n2)cn1. The van der Waals surface area contributed by atoms with Gasteiger partial charge in [0.15, 0.2) is 0 Å². The lowest BCUT2D eigenvalue weighted by Gasteiger charge is -2.09. The zero-order chi connectivity index (χ0) is 18.0. The van der Waals surface area contributed by atoms with Crippen molar-refractivity contribution in [1.82, 2.24) is 19.7 Å². The van der Waals surface area contributed by atoms with Gasteiger partial charge in [-0.05, 0) is 19.9 Å². The van der Waals surface area contributed by atoms with Crippen molar-refractivity contribution in [2.45, 2.75) is 19.9 Å². The van der Waals surface area contributed by atoms with Gasteiger partial charge < -0.3 is 10.4 Å². The molecule has 0 saturated heterocycles. The molecule has 3 aromatic rings. The Labute approximate surface area is 149 Å². The van der Waals surface area contributed by atoms with E-state index in [1.165, 1.54) is 12.3 Å². The van der Waals surface area contributed by atoms with Crippen molar-refractivity contribution in [2.24, 2.45) is 0 Å². The highest BCUT2D eigenvalue weighted by molar-refractivity contribution is 6.33. The fraction of sp³-hybridized carbons (Fsp3) is 0.176. The van der Waals surface area contributed by atoms with Crippen molar-refractivity contribution < 1.29 is 9.90 Å². The van der Waals surface area contributed by atoms with Crippen LogP contribution in [0.15, 0.2) is 42.9 Å². The van der Waals surface area contributed by atoms with Crippen LogP contribution in [0.5, 0.6) is 0 Å². The molecule has 0 bridgehead atoms. The summed E-state index contributed by atoms with van der Waals surface area (Å²) in [7, 11) is 0. The quantitative estimate of drug-likeness (QED) is 0.716. The molecule has 0 fully saturated rings. The average Bonchev–Trinajstić information content (AvgIpc) is 3.05. The first-order valence-electron chi connectivity index (χ1n) is 7.62. The molecule has 0 aliphatic rings. The first-order chi connectivity index (χ1) is 12.0. The first kappa shape index (κ1) is 16.9. The van der Waals surface area contributed by atoms with E-state index in [2.05, 4.69) is 20.4 Å². The second-order valence-electron chi connectivity index (χ2n) is 5.67. The average molecular weight is 358 g/mol. The number of nitrogens with one attached hydrogen (secondary N) is 1.